The molecule has 1 atom stereocenters. The molecule has 0 spiro atoms. The fourth-order valence-corrected chi connectivity index (χ4v) is 1.45. The van der Waals surface area contributed by atoms with Crippen LogP contribution < -0.4 is 0 Å². The van der Waals surface area contributed by atoms with Crippen molar-refractivity contribution in [2.45, 2.75) is 25.9 Å². The van der Waals surface area contributed by atoms with Crippen LogP contribution in [0.4, 0.5) is 0 Å². The summed E-state index contributed by atoms with van der Waals surface area (Å²) >= 11 is 0. The van der Waals surface area contributed by atoms with Crippen molar-refractivity contribution in [2.24, 2.45) is 5.16 Å². The highest BCUT2D eigenvalue weighted by atomic mass is 16.5. The van der Waals surface area contributed by atoms with Crippen LogP contribution in [-0.2, 0) is 4.74 Å². The van der Waals surface area contributed by atoms with E-state index in [1.54, 1.807) is 0 Å². The van der Waals surface area contributed by atoms with Gasteiger partial charge in [-0.3, -0.25) is 0 Å². The standard InChI is InChI=1S/C13H17NO2/c1-3-16-11(2)9-10-13(14-15)12-7-5-4-6-8-12/h3-8,11,15H,1,9-10H2,2H3. The predicted molar refractivity (Wildman–Crippen MR) is 64.7 cm³/mol. The largest absolute Gasteiger partial charge is 0.499 e. The van der Waals surface area contributed by atoms with E-state index in [4.69, 9.17) is 9.94 Å². The van der Waals surface area contributed by atoms with Gasteiger partial charge in [-0.15, -0.1) is 0 Å². The zero-order chi connectivity index (χ0) is 11.8. The average Bonchev–Trinajstić information content (AvgIpc) is 2.31. The molecule has 0 bridgehead atoms. The van der Waals surface area contributed by atoms with Gasteiger partial charge in [-0.2, -0.15) is 0 Å². The fourth-order valence-electron chi connectivity index (χ4n) is 1.45. The molecule has 1 N–H and O–H groups in total. The van der Waals surface area contributed by atoms with Gasteiger partial charge in [0.05, 0.1) is 18.1 Å². The molecule has 3 nitrogen and oxygen atoms in total. The summed E-state index contributed by atoms with van der Waals surface area (Å²) in [7, 11) is 0. The molecule has 16 heavy (non-hydrogen) atoms. The van der Waals surface area contributed by atoms with Crippen molar-refractivity contribution in [1.82, 2.24) is 0 Å². The van der Waals surface area contributed by atoms with Crippen molar-refractivity contribution in [3.63, 3.8) is 0 Å². The summed E-state index contributed by atoms with van der Waals surface area (Å²) in [6.07, 6.45) is 2.98. The van der Waals surface area contributed by atoms with E-state index in [2.05, 4.69) is 11.7 Å². The minimum absolute atomic E-state index is 0.0814. The van der Waals surface area contributed by atoms with Gasteiger partial charge < -0.3 is 9.94 Å². The molecule has 0 radical (unpaired) electrons. The minimum Gasteiger partial charge on any atom is -0.499 e. The highest BCUT2D eigenvalue weighted by Gasteiger charge is 2.07. The van der Waals surface area contributed by atoms with Crippen molar-refractivity contribution < 1.29 is 9.94 Å². The Morgan fingerprint density at radius 2 is 2.19 bits per heavy atom. The molecule has 0 saturated carbocycles. The van der Waals surface area contributed by atoms with Crippen LogP contribution in [0.2, 0.25) is 0 Å². The third-order valence-electron chi connectivity index (χ3n) is 2.34. The summed E-state index contributed by atoms with van der Waals surface area (Å²) < 4.78 is 5.20. The van der Waals surface area contributed by atoms with Gasteiger partial charge in [-0.1, -0.05) is 42.1 Å². The van der Waals surface area contributed by atoms with Gasteiger partial charge in [0.1, 0.15) is 0 Å². The molecule has 0 aromatic heterocycles. The normalized spacial score (nSPS) is 13.2. The lowest BCUT2D eigenvalue weighted by Gasteiger charge is -2.11. The number of rotatable bonds is 6. The smallest absolute Gasteiger partial charge is 0.0953 e. The van der Waals surface area contributed by atoms with Gasteiger partial charge in [0.2, 0.25) is 0 Å². The molecule has 86 valence electrons. The van der Waals surface area contributed by atoms with Crippen LogP contribution >= 0.6 is 0 Å². The Labute approximate surface area is 96.1 Å². The maximum atomic E-state index is 8.95. The van der Waals surface area contributed by atoms with Crippen LogP contribution in [0, 0.1) is 0 Å². The fraction of sp³-hybridized carbons (Fsp3) is 0.308. The van der Waals surface area contributed by atoms with Gasteiger partial charge >= 0.3 is 0 Å². The molecule has 3 heteroatoms. The first kappa shape index (κ1) is 12.3. The zero-order valence-electron chi connectivity index (χ0n) is 9.47. The molecule has 0 aliphatic carbocycles. The molecule has 1 aromatic rings. The first-order valence-electron chi connectivity index (χ1n) is 5.30. The number of ether oxygens (including phenoxy) is 1. The van der Waals surface area contributed by atoms with Crippen LogP contribution in [0.25, 0.3) is 0 Å². The summed E-state index contributed by atoms with van der Waals surface area (Å²) in [4.78, 5) is 0. The van der Waals surface area contributed by atoms with E-state index in [0.29, 0.717) is 12.1 Å². The molecule has 0 saturated heterocycles. The van der Waals surface area contributed by atoms with Gasteiger partial charge in [-0.05, 0) is 25.3 Å². The van der Waals surface area contributed by atoms with E-state index in [1.165, 1.54) is 6.26 Å². The number of oxime groups is 1. The quantitative estimate of drug-likeness (QED) is 0.345. The van der Waals surface area contributed by atoms with E-state index in [0.717, 1.165) is 12.0 Å². The summed E-state index contributed by atoms with van der Waals surface area (Å²) in [5.41, 5.74) is 1.62. The lowest BCUT2D eigenvalue weighted by atomic mass is 10.0. The molecule has 0 amide bonds. The summed E-state index contributed by atoms with van der Waals surface area (Å²) in [6.45, 7) is 5.46. The topological polar surface area (TPSA) is 41.8 Å². The van der Waals surface area contributed by atoms with Gasteiger partial charge in [0.25, 0.3) is 0 Å². The average molecular weight is 219 g/mol. The van der Waals surface area contributed by atoms with E-state index >= 15 is 0 Å². The Hall–Kier alpha value is -1.77. The molecular weight excluding hydrogens is 202 g/mol. The molecular formula is C13H17NO2. The Bertz CT molecular complexity index is 346. The first-order valence-corrected chi connectivity index (χ1v) is 5.30. The summed E-state index contributed by atoms with van der Waals surface area (Å²) in [6, 6.07) is 9.62. The van der Waals surface area contributed by atoms with Gasteiger partial charge in [-0.25, -0.2) is 0 Å². The second kappa shape index (κ2) is 6.67. The monoisotopic (exact) mass is 219 g/mol. The molecule has 0 fully saturated rings. The third kappa shape index (κ3) is 3.77. The molecule has 1 rings (SSSR count). The van der Waals surface area contributed by atoms with Crippen LogP contribution in [0.5, 0.6) is 0 Å². The van der Waals surface area contributed by atoms with Crippen molar-refractivity contribution >= 4 is 5.71 Å². The minimum atomic E-state index is 0.0814. The van der Waals surface area contributed by atoms with Crippen LogP contribution in [0.15, 0.2) is 48.3 Å². The van der Waals surface area contributed by atoms with Crippen molar-refractivity contribution in [3.05, 3.63) is 48.7 Å². The number of hydrogen-bond acceptors (Lipinski definition) is 3. The van der Waals surface area contributed by atoms with Gasteiger partial charge in [0.15, 0.2) is 0 Å². The molecule has 0 heterocycles. The maximum absolute atomic E-state index is 8.95. The first-order chi connectivity index (χ1) is 7.77. The van der Waals surface area contributed by atoms with Crippen LogP contribution in [0.1, 0.15) is 25.3 Å². The Kier molecular flexibility index (Phi) is 5.12. The Morgan fingerprint density at radius 1 is 1.50 bits per heavy atom. The number of hydrogen-bond donors (Lipinski definition) is 1. The van der Waals surface area contributed by atoms with E-state index < -0.39 is 0 Å². The van der Waals surface area contributed by atoms with E-state index in [-0.39, 0.29) is 6.10 Å². The highest BCUT2D eigenvalue weighted by molar-refractivity contribution is 6.00. The second-order valence-corrected chi connectivity index (χ2v) is 3.56. The van der Waals surface area contributed by atoms with E-state index in [1.807, 2.05) is 37.3 Å². The van der Waals surface area contributed by atoms with E-state index in [9.17, 15) is 0 Å². The lowest BCUT2D eigenvalue weighted by Crippen LogP contribution is -2.09. The zero-order valence-corrected chi connectivity index (χ0v) is 9.47. The predicted octanol–water partition coefficient (Wildman–Crippen LogP) is 3.19. The Balaban J connectivity index is 2.54. The molecule has 1 aromatic carbocycles. The van der Waals surface area contributed by atoms with Crippen molar-refractivity contribution in [2.75, 3.05) is 0 Å². The molecule has 1 unspecified atom stereocenters. The highest BCUT2D eigenvalue weighted by Crippen LogP contribution is 2.09. The van der Waals surface area contributed by atoms with Crippen molar-refractivity contribution in [1.29, 1.82) is 0 Å². The van der Waals surface area contributed by atoms with Crippen LogP contribution in [-0.4, -0.2) is 17.0 Å². The second-order valence-electron chi connectivity index (χ2n) is 3.56. The van der Waals surface area contributed by atoms with Crippen LogP contribution in [0.3, 0.4) is 0 Å². The lowest BCUT2D eigenvalue weighted by molar-refractivity contribution is 0.155. The summed E-state index contributed by atoms with van der Waals surface area (Å²) in [5.74, 6) is 0. The van der Waals surface area contributed by atoms with Gasteiger partial charge in [0, 0.05) is 0 Å². The Morgan fingerprint density at radius 3 is 2.75 bits per heavy atom. The van der Waals surface area contributed by atoms with Crippen molar-refractivity contribution in [3.8, 4) is 0 Å². The summed E-state index contributed by atoms with van der Waals surface area (Å²) in [5, 5.41) is 12.3. The number of nitrogens with zero attached hydrogens (tertiary/aromatic N) is 1. The molecule has 0 aliphatic rings. The molecule has 0 aliphatic heterocycles. The SMILES string of the molecule is C=COC(C)CCC(=NO)c1ccccc1. The maximum Gasteiger partial charge on any atom is 0.0953 e. The third-order valence-corrected chi connectivity index (χ3v) is 2.34. The number of benzene rings is 1.